The van der Waals surface area contributed by atoms with E-state index in [2.05, 4.69) is 12.2 Å². The van der Waals surface area contributed by atoms with Crippen molar-refractivity contribution >= 4 is 0 Å². The maximum absolute atomic E-state index is 9.68. The molecule has 3 nitrogen and oxygen atoms in total. The van der Waals surface area contributed by atoms with Gasteiger partial charge in [0, 0.05) is 6.04 Å². The molecular weight excluding hydrogens is 238 g/mol. The maximum atomic E-state index is 9.68. The van der Waals surface area contributed by atoms with Crippen molar-refractivity contribution in [2.45, 2.75) is 38.3 Å². The van der Waals surface area contributed by atoms with Crippen LogP contribution in [0.15, 0.2) is 41.0 Å². The van der Waals surface area contributed by atoms with Crippen LogP contribution in [0.2, 0.25) is 0 Å². The highest BCUT2D eigenvalue weighted by Crippen LogP contribution is 2.33. The van der Waals surface area contributed by atoms with Gasteiger partial charge in [0.1, 0.15) is 11.5 Å². The summed E-state index contributed by atoms with van der Waals surface area (Å²) in [6.45, 7) is 2.11. The molecule has 1 aromatic heterocycles. The van der Waals surface area contributed by atoms with E-state index in [-0.39, 0.29) is 12.1 Å². The van der Waals surface area contributed by atoms with Crippen LogP contribution in [0.25, 0.3) is 0 Å². The van der Waals surface area contributed by atoms with Crippen LogP contribution in [0.5, 0.6) is 5.75 Å². The minimum absolute atomic E-state index is 0.174. The number of fused-ring (bicyclic) bond motifs is 1. The molecule has 2 aromatic rings. The zero-order valence-electron chi connectivity index (χ0n) is 11.1. The number of hydrogen-bond donors (Lipinski definition) is 2. The number of furan rings is 1. The molecular formula is C16H19NO2. The standard InChI is InChI=1S/C16H19NO2/c1-11(16-6-3-9-19-16)17-15-5-2-4-12-7-8-13(18)10-14(12)15/h3,6-11,15,17-18H,2,4-5H2,1H3/t11-,15?/m0/s1. The van der Waals surface area contributed by atoms with Crippen molar-refractivity contribution in [3.8, 4) is 5.75 Å². The quantitative estimate of drug-likeness (QED) is 0.881. The van der Waals surface area contributed by atoms with E-state index >= 15 is 0 Å². The Labute approximate surface area is 113 Å². The average molecular weight is 257 g/mol. The molecule has 19 heavy (non-hydrogen) atoms. The monoisotopic (exact) mass is 257 g/mol. The van der Waals surface area contributed by atoms with Crippen molar-refractivity contribution in [3.05, 3.63) is 53.5 Å². The highest BCUT2D eigenvalue weighted by Gasteiger charge is 2.23. The second-order valence-corrected chi connectivity index (χ2v) is 5.23. The van der Waals surface area contributed by atoms with E-state index in [0.717, 1.165) is 18.6 Å². The predicted molar refractivity (Wildman–Crippen MR) is 74.0 cm³/mol. The van der Waals surface area contributed by atoms with Gasteiger partial charge in [0.25, 0.3) is 0 Å². The van der Waals surface area contributed by atoms with Crippen molar-refractivity contribution in [1.29, 1.82) is 0 Å². The Morgan fingerprint density at radius 3 is 3.05 bits per heavy atom. The van der Waals surface area contributed by atoms with Gasteiger partial charge >= 0.3 is 0 Å². The number of aromatic hydroxyl groups is 1. The van der Waals surface area contributed by atoms with E-state index in [9.17, 15) is 5.11 Å². The second-order valence-electron chi connectivity index (χ2n) is 5.23. The van der Waals surface area contributed by atoms with E-state index in [1.54, 1.807) is 12.3 Å². The first-order valence-electron chi connectivity index (χ1n) is 6.85. The van der Waals surface area contributed by atoms with Crippen molar-refractivity contribution in [3.63, 3.8) is 0 Å². The molecule has 100 valence electrons. The summed E-state index contributed by atoms with van der Waals surface area (Å²) >= 11 is 0. The molecule has 2 N–H and O–H groups in total. The first-order valence-corrected chi connectivity index (χ1v) is 6.85. The van der Waals surface area contributed by atoms with E-state index in [1.807, 2.05) is 24.3 Å². The smallest absolute Gasteiger partial charge is 0.120 e. The summed E-state index contributed by atoms with van der Waals surface area (Å²) in [6, 6.07) is 10.1. The first kappa shape index (κ1) is 12.3. The van der Waals surface area contributed by atoms with Gasteiger partial charge in [-0.1, -0.05) is 6.07 Å². The minimum atomic E-state index is 0.174. The topological polar surface area (TPSA) is 45.4 Å². The van der Waals surface area contributed by atoms with Gasteiger partial charge in [-0.05, 0) is 61.6 Å². The number of phenolic OH excluding ortho intramolecular Hbond substituents is 1. The Morgan fingerprint density at radius 2 is 2.26 bits per heavy atom. The molecule has 0 aliphatic heterocycles. The SMILES string of the molecule is C[C@H](NC1CCCc2ccc(O)cc21)c1ccco1. The van der Waals surface area contributed by atoms with E-state index < -0.39 is 0 Å². The van der Waals surface area contributed by atoms with Crippen LogP contribution < -0.4 is 5.32 Å². The summed E-state index contributed by atoms with van der Waals surface area (Å²) in [5.74, 6) is 1.30. The van der Waals surface area contributed by atoms with Crippen LogP contribution in [-0.4, -0.2) is 5.11 Å². The van der Waals surface area contributed by atoms with Crippen LogP contribution in [0.3, 0.4) is 0 Å². The molecule has 0 amide bonds. The fraction of sp³-hybridized carbons (Fsp3) is 0.375. The second kappa shape index (κ2) is 5.10. The van der Waals surface area contributed by atoms with Gasteiger partial charge in [-0.3, -0.25) is 0 Å². The molecule has 0 radical (unpaired) electrons. The molecule has 0 fully saturated rings. The Bertz CT molecular complexity index is 548. The molecule has 1 unspecified atom stereocenters. The van der Waals surface area contributed by atoms with Gasteiger partial charge < -0.3 is 14.8 Å². The zero-order valence-corrected chi connectivity index (χ0v) is 11.1. The summed E-state index contributed by atoms with van der Waals surface area (Å²) in [4.78, 5) is 0. The van der Waals surface area contributed by atoms with Gasteiger partial charge in [0.05, 0.1) is 12.3 Å². The lowest BCUT2D eigenvalue weighted by atomic mass is 9.87. The molecule has 2 atom stereocenters. The van der Waals surface area contributed by atoms with Crippen LogP contribution in [-0.2, 0) is 6.42 Å². The Morgan fingerprint density at radius 1 is 1.37 bits per heavy atom. The van der Waals surface area contributed by atoms with Crippen molar-refractivity contribution in [1.82, 2.24) is 5.32 Å². The summed E-state index contributed by atoms with van der Waals surface area (Å²) in [5, 5.41) is 13.3. The van der Waals surface area contributed by atoms with Gasteiger partial charge in [-0.15, -0.1) is 0 Å². The Kier molecular flexibility index (Phi) is 3.30. The van der Waals surface area contributed by atoms with Crippen molar-refractivity contribution < 1.29 is 9.52 Å². The number of nitrogens with one attached hydrogen (secondary N) is 1. The minimum Gasteiger partial charge on any atom is -0.508 e. The third kappa shape index (κ3) is 2.51. The lowest BCUT2D eigenvalue weighted by molar-refractivity contribution is 0.366. The number of aryl methyl sites for hydroxylation is 1. The summed E-state index contributed by atoms with van der Waals surface area (Å²) in [5.41, 5.74) is 2.57. The fourth-order valence-corrected chi connectivity index (χ4v) is 2.88. The summed E-state index contributed by atoms with van der Waals surface area (Å²) in [7, 11) is 0. The van der Waals surface area contributed by atoms with Crippen LogP contribution >= 0.6 is 0 Å². The van der Waals surface area contributed by atoms with Gasteiger partial charge in [0.15, 0.2) is 0 Å². The Hall–Kier alpha value is -1.74. The highest BCUT2D eigenvalue weighted by molar-refractivity contribution is 5.38. The molecule has 1 aliphatic rings. The maximum Gasteiger partial charge on any atom is 0.120 e. The predicted octanol–water partition coefficient (Wildman–Crippen LogP) is 3.71. The van der Waals surface area contributed by atoms with E-state index in [4.69, 9.17) is 4.42 Å². The third-order valence-electron chi connectivity index (χ3n) is 3.86. The number of phenols is 1. The number of hydrogen-bond acceptors (Lipinski definition) is 3. The summed E-state index contributed by atoms with van der Waals surface area (Å²) < 4.78 is 5.44. The van der Waals surface area contributed by atoms with Gasteiger partial charge in [-0.2, -0.15) is 0 Å². The van der Waals surface area contributed by atoms with Crippen LogP contribution in [0.4, 0.5) is 0 Å². The Balaban J connectivity index is 1.81. The molecule has 0 saturated carbocycles. The molecule has 0 bridgehead atoms. The average Bonchev–Trinajstić information content (AvgIpc) is 2.93. The number of benzene rings is 1. The highest BCUT2D eigenvalue weighted by atomic mass is 16.3. The normalized spacial score (nSPS) is 19.9. The molecule has 1 heterocycles. The zero-order chi connectivity index (χ0) is 13.2. The molecule has 0 spiro atoms. The van der Waals surface area contributed by atoms with Crippen LogP contribution in [0.1, 0.15) is 48.7 Å². The molecule has 0 saturated heterocycles. The fourth-order valence-electron chi connectivity index (χ4n) is 2.88. The van der Waals surface area contributed by atoms with Gasteiger partial charge in [-0.25, -0.2) is 0 Å². The number of rotatable bonds is 3. The van der Waals surface area contributed by atoms with Crippen molar-refractivity contribution in [2.75, 3.05) is 0 Å². The van der Waals surface area contributed by atoms with Crippen molar-refractivity contribution in [2.24, 2.45) is 0 Å². The lowest BCUT2D eigenvalue weighted by Gasteiger charge is -2.28. The lowest BCUT2D eigenvalue weighted by Crippen LogP contribution is -2.27. The molecule has 1 aliphatic carbocycles. The largest absolute Gasteiger partial charge is 0.508 e. The molecule has 3 rings (SSSR count). The first-order chi connectivity index (χ1) is 9.24. The summed E-state index contributed by atoms with van der Waals surface area (Å²) in [6.07, 6.45) is 5.08. The van der Waals surface area contributed by atoms with Gasteiger partial charge in [0.2, 0.25) is 0 Å². The van der Waals surface area contributed by atoms with Crippen LogP contribution in [0, 0.1) is 0 Å². The molecule has 1 aromatic carbocycles. The third-order valence-corrected chi connectivity index (χ3v) is 3.86. The van der Waals surface area contributed by atoms with E-state index in [0.29, 0.717) is 5.75 Å². The van der Waals surface area contributed by atoms with E-state index in [1.165, 1.54) is 17.5 Å². The molecule has 3 heteroatoms.